The Hall–Kier alpha value is -2.78. The third-order valence-corrected chi connectivity index (χ3v) is 3.79. The molecule has 0 bridgehead atoms. The first-order valence-electron chi connectivity index (χ1n) is 7.42. The number of anilines is 1. The second-order valence-electron chi connectivity index (χ2n) is 5.62. The third kappa shape index (κ3) is 3.99. The van der Waals surface area contributed by atoms with E-state index >= 15 is 0 Å². The topological polar surface area (TPSA) is 55.1 Å². The zero-order valence-corrected chi connectivity index (χ0v) is 13.5. The van der Waals surface area contributed by atoms with E-state index in [0.717, 1.165) is 12.1 Å². The van der Waals surface area contributed by atoms with Gasteiger partial charge in [0.25, 0.3) is 5.91 Å². The Kier molecular flexibility index (Phi) is 5.39. The number of hydrogen-bond acceptors (Lipinski definition) is 2. The van der Waals surface area contributed by atoms with E-state index in [9.17, 15) is 35.5 Å². The molecular weight excluding hydrogens is 381 g/mol. The van der Waals surface area contributed by atoms with E-state index in [4.69, 9.17) is 5.73 Å². The van der Waals surface area contributed by atoms with Crippen LogP contribution >= 0.6 is 0 Å². The Morgan fingerprint density at radius 3 is 1.85 bits per heavy atom. The molecule has 0 unspecified atom stereocenters. The van der Waals surface area contributed by atoms with E-state index in [1.807, 2.05) is 0 Å². The predicted molar refractivity (Wildman–Crippen MR) is 83.4 cm³/mol. The third-order valence-electron chi connectivity index (χ3n) is 3.79. The molecular formula is C17H13F7N2O. The van der Waals surface area contributed by atoms with Gasteiger partial charge < -0.3 is 11.1 Å². The molecule has 10 heteroatoms. The molecule has 1 amide bonds. The number of carbonyl (C=O) groups excluding carboxylic acids is 1. The van der Waals surface area contributed by atoms with Crippen molar-refractivity contribution in [2.75, 3.05) is 5.73 Å². The SMILES string of the molecule is Nc1ccccc1C(=O)NCc1ccc(C(F)(C(F)(F)F)C(F)(F)F)cc1. The summed E-state index contributed by atoms with van der Waals surface area (Å²) in [5.41, 5.74) is -0.925. The van der Waals surface area contributed by atoms with Gasteiger partial charge in [-0.3, -0.25) is 4.79 Å². The average Bonchev–Trinajstić information content (AvgIpc) is 2.58. The van der Waals surface area contributed by atoms with Crippen molar-refractivity contribution in [1.82, 2.24) is 5.32 Å². The summed E-state index contributed by atoms with van der Waals surface area (Å²) >= 11 is 0. The number of alkyl halides is 7. The van der Waals surface area contributed by atoms with Gasteiger partial charge in [0.05, 0.1) is 5.56 Å². The largest absolute Gasteiger partial charge is 0.435 e. The minimum Gasteiger partial charge on any atom is -0.398 e. The molecule has 0 aliphatic carbocycles. The lowest BCUT2D eigenvalue weighted by molar-refractivity contribution is -0.348. The monoisotopic (exact) mass is 394 g/mol. The summed E-state index contributed by atoms with van der Waals surface area (Å²) in [4.78, 5) is 12.0. The second-order valence-corrected chi connectivity index (χ2v) is 5.62. The molecule has 3 N–H and O–H groups in total. The normalized spacial score (nSPS) is 12.7. The summed E-state index contributed by atoms with van der Waals surface area (Å²) in [7, 11) is 0. The van der Waals surface area contributed by atoms with Crippen LogP contribution in [0.4, 0.5) is 36.4 Å². The predicted octanol–water partition coefficient (Wildman–Crippen LogP) is 4.49. The van der Waals surface area contributed by atoms with Gasteiger partial charge in [0, 0.05) is 17.8 Å². The quantitative estimate of drug-likeness (QED) is 0.593. The number of amides is 1. The maximum atomic E-state index is 13.9. The summed E-state index contributed by atoms with van der Waals surface area (Å²) in [6.45, 7) is -0.204. The number of benzene rings is 2. The van der Waals surface area contributed by atoms with Crippen LogP contribution in [-0.4, -0.2) is 18.3 Å². The van der Waals surface area contributed by atoms with Gasteiger partial charge in [-0.15, -0.1) is 0 Å². The lowest BCUT2D eigenvalue weighted by Gasteiger charge is -2.30. The minimum atomic E-state index is -6.17. The number of para-hydroxylation sites is 1. The van der Waals surface area contributed by atoms with Gasteiger partial charge in [-0.25, -0.2) is 4.39 Å². The van der Waals surface area contributed by atoms with Crippen LogP contribution < -0.4 is 11.1 Å². The van der Waals surface area contributed by atoms with Gasteiger partial charge in [-0.05, 0) is 17.7 Å². The first kappa shape index (κ1) is 20.5. The van der Waals surface area contributed by atoms with Crippen LogP contribution in [0.15, 0.2) is 48.5 Å². The Bertz CT molecular complexity index is 799. The molecule has 0 radical (unpaired) electrons. The number of nitrogens with one attached hydrogen (secondary N) is 1. The highest BCUT2D eigenvalue weighted by Crippen LogP contribution is 2.53. The van der Waals surface area contributed by atoms with E-state index < -0.39 is 29.5 Å². The zero-order valence-electron chi connectivity index (χ0n) is 13.5. The van der Waals surface area contributed by atoms with Crippen LogP contribution in [0.25, 0.3) is 0 Å². The Balaban J connectivity index is 2.18. The molecule has 0 atom stereocenters. The molecule has 0 heterocycles. The highest BCUT2D eigenvalue weighted by Gasteiger charge is 2.73. The highest BCUT2D eigenvalue weighted by molar-refractivity contribution is 5.98. The standard InChI is InChI=1S/C17H13F7N2O/c18-15(16(19,20)21,17(22,23)24)11-7-5-10(6-8-11)9-26-14(27)12-3-1-2-4-13(12)25/h1-8H,9,25H2,(H,26,27). The lowest BCUT2D eigenvalue weighted by atomic mass is 9.93. The number of rotatable bonds is 4. The van der Waals surface area contributed by atoms with Crippen molar-refractivity contribution in [2.24, 2.45) is 0 Å². The number of nitrogen functional groups attached to an aromatic ring is 1. The molecule has 0 aliphatic rings. The fourth-order valence-electron chi connectivity index (χ4n) is 2.32. The van der Waals surface area contributed by atoms with E-state index in [0.29, 0.717) is 12.1 Å². The Morgan fingerprint density at radius 1 is 0.852 bits per heavy atom. The van der Waals surface area contributed by atoms with Crippen molar-refractivity contribution in [1.29, 1.82) is 0 Å². The van der Waals surface area contributed by atoms with Crippen molar-refractivity contribution in [3.8, 4) is 0 Å². The molecule has 0 aliphatic heterocycles. The van der Waals surface area contributed by atoms with Crippen molar-refractivity contribution >= 4 is 11.6 Å². The summed E-state index contributed by atoms with van der Waals surface area (Å²) in [6.07, 6.45) is -12.3. The van der Waals surface area contributed by atoms with E-state index in [1.54, 1.807) is 12.1 Å². The fraction of sp³-hybridized carbons (Fsp3) is 0.235. The number of nitrogens with two attached hydrogens (primary N) is 1. The van der Waals surface area contributed by atoms with Gasteiger partial charge in [0.1, 0.15) is 0 Å². The van der Waals surface area contributed by atoms with Crippen LogP contribution in [0.2, 0.25) is 0 Å². The molecule has 0 aromatic heterocycles. The molecule has 146 valence electrons. The van der Waals surface area contributed by atoms with Crippen LogP contribution in [0.3, 0.4) is 0 Å². The lowest BCUT2D eigenvalue weighted by Crippen LogP contribution is -2.50. The molecule has 0 fully saturated rings. The maximum absolute atomic E-state index is 13.9. The minimum absolute atomic E-state index is 0.158. The second kappa shape index (κ2) is 7.09. The summed E-state index contributed by atoms with van der Waals surface area (Å²) in [5, 5.41) is 2.42. The molecule has 2 rings (SSSR count). The summed E-state index contributed by atoms with van der Waals surface area (Å²) in [6, 6.07) is 8.62. The average molecular weight is 394 g/mol. The first-order valence-corrected chi connectivity index (χ1v) is 7.42. The van der Waals surface area contributed by atoms with Crippen LogP contribution in [0.1, 0.15) is 21.5 Å². The Labute approximate surface area is 149 Å². The van der Waals surface area contributed by atoms with Gasteiger partial charge in [0.2, 0.25) is 0 Å². The zero-order chi connectivity index (χ0) is 20.5. The molecule has 27 heavy (non-hydrogen) atoms. The van der Waals surface area contributed by atoms with Crippen molar-refractivity contribution in [3.63, 3.8) is 0 Å². The van der Waals surface area contributed by atoms with Gasteiger partial charge >= 0.3 is 18.0 Å². The van der Waals surface area contributed by atoms with E-state index in [-0.39, 0.29) is 23.4 Å². The van der Waals surface area contributed by atoms with Crippen LogP contribution in [0.5, 0.6) is 0 Å². The van der Waals surface area contributed by atoms with Crippen molar-refractivity contribution in [3.05, 3.63) is 65.2 Å². The van der Waals surface area contributed by atoms with Crippen LogP contribution in [-0.2, 0) is 12.2 Å². The molecule has 0 saturated carbocycles. The summed E-state index contributed by atoms with van der Waals surface area (Å²) in [5.74, 6) is -0.581. The molecule has 0 spiro atoms. The molecule has 3 nitrogen and oxygen atoms in total. The van der Waals surface area contributed by atoms with E-state index in [2.05, 4.69) is 5.32 Å². The van der Waals surface area contributed by atoms with Crippen molar-refractivity contribution in [2.45, 2.75) is 24.6 Å². The number of halogens is 7. The summed E-state index contributed by atoms with van der Waals surface area (Å²) < 4.78 is 90.1. The molecule has 2 aromatic carbocycles. The maximum Gasteiger partial charge on any atom is 0.435 e. The smallest absolute Gasteiger partial charge is 0.398 e. The fourth-order valence-corrected chi connectivity index (χ4v) is 2.32. The Morgan fingerprint density at radius 2 is 1.37 bits per heavy atom. The van der Waals surface area contributed by atoms with Gasteiger partial charge in [0.15, 0.2) is 0 Å². The first-order chi connectivity index (χ1) is 12.4. The molecule has 0 saturated heterocycles. The number of hydrogen-bond donors (Lipinski definition) is 2. The number of carbonyl (C=O) groups is 1. The van der Waals surface area contributed by atoms with Gasteiger partial charge in [-0.1, -0.05) is 36.4 Å². The van der Waals surface area contributed by atoms with Crippen molar-refractivity contribution < 1.29 is 35.5 Å². The van der Waals surface area contributed by atoms with E-state index in [1.165, 1.54) is 12.1 Å². The van der Waals surface area contributed by atoms with Gasteiger partial charge in [-0.2, -0.15) is 26.3 Å². The van der Waals surface area contributed by atoms with Crippen LogP contribution in [0, 0.1) is 0 Å². The molecule has 2 aromatic rings. The highest BCUT2D eigenvalue weighted by atomic mass is 19.4.